The van der Waals surface area contributed by atoms with Gasteiger partial charge in [0.2, 0.25) is 0 Å². The van der Waals surface area contributed by atoms with Crippen molar-refractivity contribution >= 4 is 8.32 Å². The molecule has 0 aliphatic rings. The van der Waals surface area contributed by atoms with Gasteiger partial charge in [-0.3, -0.25) is 0 Å². The molecule has 0 N–H and O–H groups in total. The lowest BCUT2D eigenvalue weighted by atomic mass is 9.97. The van der Waals surface area contributed by atoms with Crippen LogP contribution >= 0.6 is 0 Å². The van der Waals surface area contributed by atoms with Crippen LogP contribution in [0.3, 0.4) is 0 Å². The zero-order chi connectivity index (χ0) is 12.0. The Kier molecular flexibility index (Phi) is 4.72. The van der Waals surface area contributed by atoms with E-state index in [1.807, 2.05) is 18.2 Å². The van der Waals surface area contributed by atoms with Crippen LogP contribution in [0, 0.1) is 11.3 Å². The van der Waals surface area contributed by atoms with Crippen molar-refractivity contribution in [1.29, 1.82) is 5.26 Å². The van der Waals surface area contributed by atoms with Gasteiger partial charge in [0.25, 0.3) is 0 Å². The van der Waals surface area contributed by atoms with E-state index in [0.717, 1.165) is 0 Å². The lowest BCUT2D eigenvalue weighted by Gasteiger charge is -2.22. The third-order valence-electron chi connectivity index (χ3n) is 2.33. The van der Waals surface area contributed by atoms with Gasteiger partial charge in [0.15, 0.2) is 8.32 Å². The third kappa shape index (κ3) is 4.60. The van der Waals surface area contributed by atoms with Gasteiger partial charge in [0, 0.05) is 18.9 Å². The second-order valence-corrected chi connectivity index (χ2v) is 9.41. The lowest BCUT2D eigenvalue weighted by molar-refractivity contribution is 0.283. The molecule has 0 aliphatic heterocycles. The highest BCUT2D eigenvalue weighted by molar-refractivity contribution is 6.69. The van der Waals surface area contributed by atoms with Gasteiger partial charge in [-0.15, -0.1) is 0 Å². The van der Waals surface area contributed by atoms with Crippen LogP contribution in [0.25, 0.3) is 0 Å². The van der Waals surface area contributed by atoms with Gasteiger partial charge in [0.05, 0.1) is 6.07 Å². The van der Waals surface area contributed by atoms with E-state index in [4.69, 9.17) is 9.69 Å². The van der Waals surface area contributed by atoms with Crippen LogP contribution in [0.1, 0.15) is 17.9 Å². The molecular weight excluding hydrogens is 214 g/mol. The predicted molar refractivity (Wildman–Crippen MR) is 68.7 cm³/mol. The molecule has 1 rings (SSSR count). The first-order valence-corrected chi connectivity index (χ1v) is 8.99. The van der Waals surface area contributed by atoms with Crippen LogP contribution in [0.5, 0.6) is 0 Å². The van der Waals surface area contributed by atoms with Gasteiger partial charge in [-0.05, 0) is 25.2 Å². The summed E-state index contributed by atoms with van der Waals surface area (Å²) in [5.41, 5.74) is 1.20. The molecule has 1 aromatic rings. The van der Waals surface area contributed by atoms with Crippen molar-refractivity contribution in [3.63, 3.8) is 0 Å². The molecule has 0 spiro atoms. The van der Waals surface area contributed by atoms with Crippen LogP contribution in [0.15, 0.2) is 30.3 Å². The maximum Gasteiger partial charge on any atom is 0.183 e. The van der Waals surface area contributed by atoms with Crippen molar-refractivity contribution in [2.45, 2.75) is 32.0 Å². The molecule has 1 atom stereocenters. The fraction of sp³-hybridized carbons (Fsp3) is 0.462. The summed E-state index contributed by atoms with van der Waals surface area (Å²) in [6, 6.07) is 12.4. The number of benzene rings is 1. The molecule has 1 aromatic carbocycles. The van der Waals surface area contributed by atoms with Crippen molar-refractivity contribution in [2.24, 2.45) is 0 Å². The summed E-state index contributed by atoms with van der Waals surface area (Å²) in [4.78, 5) is 0. The molecule has 0 amide bonds. The first kappa shape index (κ1) is 13.0. The van der Waals surface area contributed by atoms with Gasteiger partial charge in [-0.25, -0.2) is 0 Å². The lowest BCUT2D eigenvalue weighted by Crippen LogP contribution is -2.27. The Balaban J connectivity index is 2.66. The van der Waals surface area contributed by atoms with Crippen LogP contribution in [-0.4, -0.2) is 14.9 Å². The second kappa shape index (κ2) is 5.83. The number of nitriles is 1. The highest BCUT2D eigenvalue weighted by atomic mass is 28.4. The Morgan fingerprint density at radius 1 is 1.25 bits per heavy atom. The predicted octanol–water partition coefficient (Wildman–Crippen LogP) is 3.54. The fourth-order valence-electron chi connectivity index (χ4n) is 1.46. The average molecular weight is 233 g/mol. The molecule has 0 aliphatic carbocycles. The largest absolute Gasteiger partial charge is 0.417 e. The molecule has 0 saturated heterocycles. The van der Waals surface area contributed by atoms with Crippen LogP contribution < -0.4 is 0 Å². The molecule has 0 heterocycles. The number of hydrogen-bond acceptors (Lipinski definition) is 2. The summed E-state index contributed by atoms with van der Waals surface area (Å²) in [5.74, 6) is 0.206. The smallest absolute Gasteiger partial charge is 0.183 e. The van der Waals surface area contributed by atoms with E-state index in [9.17, 15) is 0 Å². The maximum absolute atomic E-state index is 8.83. The quantitative estimate of drug-likeness (QED) is 0.729. The molecule has 0 unspecified atom stereocenters. The third-order valence-corrected chi connectivity index (χ3v) is 3.36. The van der Waals surface area contributed by atoms with Crippen molar-refractivity contribution in [3.8, 4) is 6.07 Å². The zero-order valence-corrected chi connectivity index (χ0v) is 11.2. The minimum absolute atomic E-state index is 0.206. The molecular formula is C13H19NOSi. The molecule has 0 bridgehead atoms. The minimum atomic E-state index is -1.49. The summed E-state index contributed by atoms with van der Waals surface area (Å²) >= 11 is 0. The first-order chi connectivity index (χ1) is 7.53. The van der Waals surface area contributed by atoms with Gasteiger partial charge in [-0.2, -0.15) is 5.26 Å². The fourth-order valence-corrected chi connectivity index (χ4v) is 2.16. The standard InChI is InChI=1S/C13H19NOSi/c1-16(2,3)15-11-13(9-10-14)12-7-5-4-6-8-12/h4-8,13H,9,11H2,1-3H3/t13-/m0/s1. The van der Waals surface area contributed by atoms with E-state index in [1.165, 1.54) is 5.56 Å². The molecule has 0 saturated carbocycles. The Morgan fingerprint density at radius 3 is 2.38 bits per heavy atom. The van der Waals surface area contributed by atoms with Crippen molar-refractivity contribution in [1.82, 2.24) is 0 Å². The van der Waals surface area contributed by atoms with Crippen molar-refractivity contribution in [2.75, 3.05) is 6.61 Å². The molecule has 0 fully saturated rings. The van der Waals surface area contributed by atoms with Gasteiger partial charge >= 0.3 is 0 Å². The normalized spacial score (nSPS) is 13.1. The average Bonchev–Trinajstić information content (AvgIpc) is 2.24. The molecule has 16 heavy (non-hydrogen) atoms. The molecule has 3 heteroatoms. The highest BCUT2D eigenvalue weighted by Gasteiger charge is 2.18. The number of rotatable bonds is 5. The Bertz CT molecular complexity index is 350. The highest BCUT2D eigenvalue weighted by Crippen LogP contribution is 2.21. The van der Waals surface area contributed by atoms with E-state index in [0.29, 0.717) is 13.0 Å². The summed E-state index contributed by atoms with van der Waals surface area (Å²) in [6.45, 7) is 7.16. The first-order valence-electron chi connectivity index (χ1n) is 5.59. The number of hydrogen-bond donors (Lipinski definition) is 0. The maximum atomic E-state index is 8.83. The Hall–Kier alpha value is -1.11. The van der Waals surface area contributed by atoms with E-state index >= 15 is 0 Å². The molecule has 0 radical (unpaired) electrons. The Morgan fingerprint density at radius 2 is 1.88 bits per heavy atom. The summed E-state index contributed by atoms with van der Waals surface area (Å²) in [7, 11) is -1.49. The minimum Gasteiger partial charge on any atom is -0.417 e. The Labute approximate surface area is 99.0 Å². The van der Waals surface area contributed by atoms with Gasteiger partial charge in [-0.1, -0.05) is 30.3 Å². The van der Waals surface area contributed by atoms with Gasteiger partial charge in [0.1, 0.15) is 0 Å². The summed E-state index contributed by atoms with van der Waals surface area (Å²) in [5, 5.41) is 8.83. The van der Waals surface area contributed by atoms with E-state index in [-0.39, 0.29) is 5.92 Å². The van der Waals surface area contributed by atoms with Crippen molar-refractivity contribution in [3.05, 3.63) is 35.9 Å². The van der Waals surface area contributed by atoms with Crippen LogP contribution in [0.4, 0.5) is 0 Å². The SMILES string of the molecule is C[Si](C)(C)OC[C@H](CC#N)c1ccccc1. The van der Waals surface area contributed by atoms with Crippen LogP contribution in [0.2, 0.25) is 19.6 Å². The van der Waals surface area contributed by atoms with E-state index in [2.05, 4.69) is 37.8 Å². The molecule has 86 valence electrons. The summed E-state index contributed by atoms with van der Waals surface area (Å²) in [6.07, 6.45) is 0.522. The monoisotopic (exact) mass is 233 g/mol. The van der Waals surface area contributed by atoms with Gasteiger partial charge < -0.3 is 4.43 Å². The zero-order valence-electron chi connectivity index (χ0n) is 10.2. The second-order valence-electron chi connectivity index (χ2n) is 4.89. The topological polar surface area (TPSA) is 33.0 Å². The van der Waals surface area contributed by atoms with Crippen molar-refractivity contribution < 1.29 is 4.43 Å². The van der Waals surface area contributed by atoms with Crippen LogP contribution in [-0.2, 0) is 4.43 Å². The summed E-state index contributed by atoms with van der Waals surface area (Å²) < 4.78 is 5.89. The van der Waals surface area contributed by atoms with E-state index < -0.39 is 8.32 Å². The number of nitrogens with zero attached hydrogens (tertiary/aromatic N) is 1. The molecule has 0 aromatic heterocycles. The molecule has 2 nitrogen and oxygen atoms in total. The van der Waals surface area contributed by atoms with E-state index in [1.54, 1.807) is 0 Å².